The van der Waals surface area contributed by atoms with Gasteiger partial charge in [-0.2, -0.15) is 0 Å². The number of nitrogens with zero attached hydrogens (tertiary/aromatic N) is 4. The fraction of sp³-hybridized carbons (Fsp3) is 0.286. The van der Waals surface area contributed by atoms with Gasteiger partial charge in [0.2, 0.25) is 17.7 Å². The monoisotopic (exact) mass is 914 g/mol. The quantitative estimate of drug-likeness (QED) is 0.111. The topological polar surface area (TPSA) is 182 Å². The highest BCUT2D eigenvalue weighted by Crippen LogP contribution is 2.41. The number of alkyl carbamates (subject to hydrolysis) is 1. The van der Waals surface area contributed by atoms with Crippen molar-refractivity contribution < 1.29 is 23.9 Å². The zero-order valence-electron chi connectivity index (χ0n) is 36.9. The summed E-state index contributed by atoms with van der Waals surface area (Å²) in [5, 5.41) is 5.35. The van der Waals surface area contributed by atoms with Gasteiger partial charge in [-0.05, 0) is 60.1 Å². The van der Waals surface area contributed by atoms with Crippen molar-refractivity contribution in [1.82, 2.24) is 40.4 Å². The molecule has 0 bridgehead atoms. The van der Waals surface area contributed by atoms with Crippen molar-refractivity contribution in [2.45, 2.75) is 58.5 Å². The Kier molecular flexibility index (Phi) is 17.3. The third-order valence-electron chi connectivity index (χ3n) is 10.5. The molecule has 0 aliphatic carbocycles. The molecule has 2 aliphatic heterocycles. The Hall–Kier alpha value is -6.91. The van der Waals surface area contributed by atoms with Gasteiger partial charge in [-0.3, -0.25) is 19.2 Å². The summed E-state index contributed by atoms with van der Waals surface area (Å²) in [6.07, 6.45) is 8.49. The summed E-state index contributed by atoms with van der Waals surface area (Å²) in [4.78, 5) is 78.8. The SMILES string of the molecule is CC.CC(=O)NC(C(=O)N1CCCC1)c1ccccc1.COC(=O)NC(C(=O)N1CCCC1)c1ccccc1.O=c1cc(-c2cc3sc(-c4ccc(-c5cnc[nH]5)cc4)cc3s2)nc[nH]1. The summed E-state index contributed by atoms with van der Waals surface area (Å²) >= 11 is 3.41. The molecule has 16 heteroatoms. The summed E-state index contributed by atoms with van der Waals surface area (Å²) in [5.74, 6) is -0.264. The standard InChI is InChI=1S/C19H12N4OS2.C14H18N2O3.C14H18N2O2.C2H6/c24-19-5-13(22-10-23-19)16-7-18-17(26-16)6-15(25-18)12-3-1-11(2-4-12)14-8-20-9-21-14;1-19-14(18)15-12(11-7-3-2-4-8-11)13(17)16-9-5-6-10-16;1-11(17)15-13(12-7-3-2-4-8-12)14(18)16-9-5-6-10-16;1-2/h1-10H,(H,20,21)(H,22,23,24);2-4,7-8,12H,5-6,9-10H2,1H3,(H,15,18);2-4,7-8,13H,5-6,9-10H2,1H3,(H,15,17);1-2H3. The third-order valence-corrected chi connectivity index (χ3v) is 12.9. The van der Waals surface area contributed by atoms with Gasteiger partial charge in [0.25, 0.3) is 5.56 Å². The van der Waals surface area contributed by atoms with Gasteiger partial charge < -0.3 is 35.1 Å². The van der Waals surface area contributed by atoms with Crippen molar-refractivity contribution in [3.63, 3.8) is 0 Å². The molecule has 0 spiro atoms. The number of likely N-dealkylation sites (tertiary alicyclic amines) is 2. The lowest BCUT2D eigenvalue weighted by Gasteiger charge is -2.23. The van der Waals surface area contributed by atoms with Gasteiger partial charge >= 0.3 is 6.09 Å². The highest BCUT2D eigenvalue weighted by molar-refractivity contribution is 7.31. The second-order valence-corrected chi connectivity index (χ2v) is 17.0. The van der Waals surface area contributed by atoms with Crippen molar-refractivity contribution in [2.75, 3.05) is 33.3 Å². The number of benzene rings is 3. The van der Waals surface area contributed by atoms with Crippen LogP contribution in [0.5, 0.6) is 0 Å². The minimum atomic E-state index is -0.674. The van der Waals surface area contributed by atoms with Gasteiger partial charge in [0.1, 0.15) is 12.1 Å². The lowest BCUT2D eigenvalue weighted by Crippen LogP contribution is -2.41. The van der Waals surface area contributed by atoms with Gasteiger partial charge in [-0.15, -0.1) is 22.7 Å². The molecule has 2 fully saturated rings. The first kappa shape index (κ1) is 47.6. The number of thiophene rings is 2. The van der Waals surface area contributed by atoms with Gasteiger partial charge in [0, 0.05) is 53.4 Å². The van der Waals surface area contributed by atoms with E-state index in [4.69, 9.17) is 0 Å². The van der Waals surface area contributed by atoms with Crippen LogP contribution in [0.3, 0.4) is 0 Å². The van der Waals surface area contributed by atoms with E-state index in [1.54, 1.807) is 33.9 Å². The van der Waals surface area contributed by atoms with E-state index in [0.29, 0.717) is 5.69 Å². The Bertz CT molecular complexity index is 2620. The Labute approximate surface area is 386 Å². The summed E-state index contributed by atoms with van der Waals surface area (Å²) in [5.41, 5.74) is 5.51. The van der Waals surface area contributed by atoms with Gasteiger partial charge in [0.15, 0.2) is 0 Å². The molecule has 3 aromatic carbocycles. The lowest BCUT2D eigenvalue weighted by atomic mass is 10.1. The molecule has 65 heavy (non-hydrogen) atoms. The van der Waals surface area contributed by atoms with Crippen LogP contribution in [0.1, 0.15) is 69.7 Å². The number of imidazole rings is 1. The van der Waals surface area contributed by atoms with Gasteiger partial charge in [-0.25, -0.2) is 14.8 Å². The molecule has 0 saturated carbocycles. The summed E-state index contributed by atoms with van der Waals surface area (Å²) in [6, 6.07) is 31.7. The van der Waals surface area contributed by atoms with Crippen LogP contribution in [0.4, 0.5) is 4.79 Å². The number of rotatable bonds is 9. The summed E-state index contributed by atoms with van der Waals surface area (Å²) in [7, 11) is 1.29. The van der Waals surface area contributed by atoms with Crippen LogP contribution in [0, 0.1) is 0 Å². The average molecular weight is 915 g/mol. The predicted molar refractivity (Wildman–Crippen MR) is 257 cm³/mol. The molecule has 0 radical (unpaired) electrons. The Balaban J connectivity index is 0.000000162. The Morgan fingerprint density at radius 3 is 1.66 bits per heavy atom. The molecule has 4 amide bonds. The molecular weight excluding hydrogens is 861 g/mol. The molecule has 7 aromatic rings. The minimum Gasteiger partial charge on any atom is -0.453 e. The second kappa shape index (κ2) is 23.7. The van der Waals surface area contributed by atoms with Gasteiger partial charge in [0.05, 0.1) is 42.2 Å². The van der Waals surface area contributed by atoms with Crippen LogP contribution < -0.4 is 16.2 Å². The number of methoxy groups -OCH3 is 1. The van der Waals surface area contributed by atoms with Crippen LogP contribution in [0.2, 0.25) is 0 Å². The maximum Gasteiger partial charge on any atom is 0.407 e. The number of H-pyrrole nitrogens is 2. The number of nitrogens with one attached hydrogen (secondary N) is 4. The van der Waals surface area contributed by atoms with Crippen molar-refractivity contribution in [3.05, 3.63) is 143 Å². The summed E-state index contributed by atoms with van der Waals surface area (Å²) < 4.78 is 7.01. The number of aromatic nitrogens is 4. The van der Waals surface area contributed by atoms with Crippen molar-refractivity contribution in [2.24, 2.45) is 0 Å². The molecule has 4 N–H and O–H groups in total. The highest BCUT2D eigenvalue weighted by atomic mass is 32.1. The molecule has 9 rings (SSSR count). The number of ether oxygens (including phenoxy) is 1. The van der Waals surface area contributed by atoms with Crippen LogP contribution in [0.25, 0.3) is 41.7 Å². The average Bonchev–Trinajstić information content (AvgIpc) is 4.21. The Morgan fingerprint density at radius 1 is 0.662 bits per heavy atom. The number of hydrogen-bond donors (Lipinski definition) is 4. The van der Waals surface area contributed by atoms with Gasteiger partial charge in [-0.1, -0.05) is 98.8 Å². The zero-order valence-corrected chi connectivity index (χ0v) is 38.5. The summed E-state index contributed by atoms with van der Waals surface area (Å²) in [6.45, 7) is 8.53. The lowest BCUT2D eigenvalue weighted by molar-refractivity contribution is -0.135. The molecule has 4 aromatic heterocycles. The number of fused-ring (bicyclic) bond motifs is 1. The van der Waals surface area contributed by atoms with E-state index in [-0.39, 0.29) is 23.3 Å². The van der Waals surface area contributed by atoms with Crippen LogP contribution in [-0.2, 0) is 19.1 Å². The van der Waals surface area contributed by atoms with Crippen LogP contribution in [-0.4, -0.2) is 86.8 Å². The zero-order chi connectivity index (χ0) is 46.1. The molecule has 338 valence electrons. The van der Waals surface area contributed by atoms with E-state index in [0.717, 1.165) is 79.1 Å². The van der Waals surface area contributed by atoms with E-state index >= 15 is 0 Å². The Morgan fingerprint density at radius 2 is 1.17 bits per heavy atom. The van der Waals surface area contributed by atoms with E-state index in [1.165, 1.54) is 46.3 Å². The first-order valence-electron chi connectivity index (χ1n) is 21.6. The van der Waals surface area contributed by atoms with E-state index < -0.39 is 18.2 Å². The maximum absolute atomic E-state index is 12.5. The molecular formula is C49H54N8O6S2. The number of carbonyl (C=O) groups excluding carboxylic acids is 4. The predicted octanol–water partition coefficient (Wildman–Crippen LogP) is 8.99. The van der Waals surface area contributed by atoms with E-state index in [9.17, 15) is 24.0 Å². The maximum atomic E-state index is 12.5. The van der Waals surface area contributed by atoms with Crippen LogP contribution >= 0.6 is 22.7 Å². The molecule has 6 heterocycles. The molecule has 2 saturated heterocycles. The molecule has 2 atom stereocenters. The number of carbonyl (C=O) groups is 4. The number of hydrogen-bond acceptors (Lipinski definition) is 10. The van der Waals surface area contributed by atoms with Crippen molar-refractivity contribution in [3.8, 4) is 32.3 Å². The third kappa shape index (κ3) is 12.9. The van der Waals surface area contributed by atoms with E-state index in [2.05, 4.69) is 71.7 Å². The fourth-order valence-corrected chi connectivity index (χ4v) is 9.69. The number of amides is 4. The second-order valence-electron chi connectivity index (χ2n) is 14.9. The molecule has 14 nitrogen and oxygen atoms in total. The molecule has 2 unspecified atom stereocenters. The highest BCUT2D eigenvalue weighted by Gasteiger charge is 2.30. The minimum absolute atomic E-state index is 0.00565. The fourth-order valence-electron chi connectivity index (χ4n) is 7.32. The number of aromatic amines is 2. The first-order valence-corrected chi connectivity index (χ1v) is 23.3. The van der Waals surface area contributed by atoms with Crippen LogP contribution in [0.15, 0.2) is 127 Å². The normalized spacial score (nSPS) is 13.8. The first-order chi connectivity index (χ1) is 31.7. The van der Waals surface area contributed by atoms with E-state index in [1.807, 2.05) is 85.6 Å². The molecule has 2 aliphatic rings. The largest absolute Gasteiger partial charge is 0.453 e. The van der Waals surface area contributed by atoms with Crippen molar-refractivity contribution >= 4 is 55.9 Å². The van der Waals surface area contributed by atoms with Crippen molar-refractivity contribution in [1.29, 1.82) is 0 Å². The smallest absolute Gasteiger partial charge is 0.407 e.